The zero-order valence-corrected chi connectivity index (χ0v) is 14.2. The molecule has 0 bridgehead atoms. The van der Waals surface area contributed by atoms with Gasteiger partial charge in [-0.05, 0) is 24.3 Å². The van der Waals surface area contributed by atoms with Gasteiger partial charge in [-0.25, -0.2) is 0 Å². The van der Waals surface area contributed by atoms with Crippen LogP contribution >= 0.6 is 0 Å². The third kappa shape index (κ3) is 15.5. The maximum atomic E-state index is 8.00. The molecule has 0 aliphatic rings. The van der Waals surface area contributed by atoms with Crippen LogP contribution < -0.4 is 0 Å². The molecule has 0 atom stereocenters. The molecule has 0 amide bonds. The van der Waals surface area contributed by atoms with Crippen molar-refractivity contribution in [1.29, 1.82) is 5.26 Å². The van der Waals surface area contributed by atoms with E-state index >= 15 is 0 Å². The van der Waals surface area contributed by atoms with Crippen LogP contribution in [0.5, 0.6) is 0 Å². The van der Waals surface area contributed by atoms with Crippen molar-refractivity contribution in [3.05, 3.63) is 48.8 Å². The van der Waals surface area contributed by atoms with Gasteiger partial charge in [0.25, 0.3) is 0 Å². The topological polar surface area (TPSA) is 101 Å². The molecule has 0 unspecified atom stereocenters. The Labute approximate surface area is 144 Å². The van der Waals surface area contributed by atoms with Crippen LogP contribution in [-0.2, 0) is 35.4 Å². The summed E-state index contributed by atoms with van der Waals surface area (Å²) in [5, 5.41) is 7.32. The number of hydrogen-bond donors (Lipinski definition) is 0. The van der Waals surface area contributed by atoms with Crippen molar-refractivity contribution >= 4 is 20.4 Å². The maximum absolute atomic E-state index is 8.00. The predicted molar refractivity (Wildman–Crippen MR) is 80.1 cm³/mol. The summed E-state index contributed by atoms with van der Waals surface area (Å²) < 4.78 is 0. The molecule has 0 N–H and O–H groups in total. The molecule has 0 radical (unpaired) electrons. The number of nitriles is 1. The number of pyridine rings is 2. The minimum atomic E-state index is 0. The fourth-order valence-electron chi connectivity index (χ4n) is 1.03. The summed E-state index contributed by atoms with van der Waals surface area (Å²) in [5.41, 5.74) is 1.83. The Kier molecular flexibility index (Phi) is 34.0. The first-order valence-corrected chi connectivity index (χ1v) is 5.38. The van der Waals surface area contributed by atoms with E-state index in [0.717, 1.165) is 11.4 Å². The zero-order chi connectivity index (χ0) is 16.9. The van der Waals surface area contributed by atoms with Crippen molar-refractivity contribution < 1.29 is 35.4 Å². The van der Waals surface area contributed by atoms with E-state index in [0.29, 0.717) is 0 Å². The van der Waals surface area contributed by atoms with Gasteiger partial charge in [-0.15, -0.1) is 0 Å². The predicted octanol–water partition coefficient (Wildman–Crippen LogP) is 2.12. The van der Waals surface area contributed by atoms with Crippen LogP contribution in [0, 0.1) is 11.3 Å². The van der Waals surface area contributed by atoms with Crippen LogP contribution in [0.15, 0.2) is 48.8 Å². The number of carbonyl (C=O) groups is 3. The molecule has 0 aromatic carbocycles. The van der Waals surface area contributed by atoms with Crippen molar-refractivity contribution in [3.63, 3.8) is 0 Å². The monoisotopic (exact) mass is 385 g/mol. The summed E-state index contributed by atoms with van der Waals surface area (Å²) >= 11 is 0. The molecule has 0 aliphatic carbocycles. The molecule has 2 heterocycles. The van der Waals surface area contributed by atoms with Gasteiger partial charge in [-0.1, -0.05) is 12.1 Å². The Balaban J connectivity index is -0.000000140. The number of rotatable bonds is 1. The average molecular weight is 383 g/mol. The molecule has 0 fully saturated rings. The van der Waals surface area contributed by atoms with E-state index in [-0.39, 0.29) is 21.1 Å². The molecule has 0 spiro atoms. The van der Waals surface area contributed by atoms with Crippen molar-refractivity contribution in [2.75, 3.05) is 0 Å². The number of carbonyl (C=O) groups excluding carboxylic acids is 3. The molecule has 0 saturated heterocycles. The van der Waals surface area contributed by atoms with E-state index in [1.54, 1.807) is 18.5 Å². The summed E-state index contributed by atoms with van der Waals surface area (Å²) in [7, 11) is 0. The number of aromatic nitrogens is 2. The van der Waals surface area contributed by atoms with E-state index in [4.69, 9.17) is 19.6 Å². The van der Waals surface area contributed by atoms with E-state index in [2.05, 4.69) is 9.97 Å². The van der Waals surface area contributed by atoms with E-state index in [1.807, 2.05) is 56.8 Å². The van der Waals surface area contributed by atoms with Crippen LogP contribution in [0.4, 0.5) is 0 Å². The Bertz CT molecular complexity index is 436. The van der Waals surface area contributed by atoms with Gasteiger partial charge in [0.2, 0.25) is 0 Å². The zero-order valence-electron chi connectivity index (χ0n) is 12.2. The molecular weight excluding hydrogens is 366 g/mol. The van der Waals surface area contributed by atoms with Gasteiger partial charge in [0.15, 0.2) is 0 Å². The molecule has 0 saturated carbocycles. The van der Waals surface area contributed by atoms with Crippen LogP contribution in [0.1, 0.15) is 6.92 Å². The summed E-state index contributed by atoms with van der Waals surface area (Å²) in [6.07, 6.45) is 3.54. The molecule has 6 nitrogen and oxygen atoms in total. The molecule has 2 aromatic rings. The van der Waals surface area contributed by atoms with Gasteiger partial charge in [0.1, 0.15) is 20.4 Å². The molecule has 7 heteroatoms. The normalized spacial score (nSPS) is 6.18. The van der Waals surface area contributed by atoms with Crippen LogP contribution in [0.25, 0.3) is 11.4 Å². The van der Waals surface area contributed by atoms with Gasteiger partial charge < -0.3 is 14.4 Å². The molecule has 0 aliphatic heterocycles. The third-order valence-corrected chi connectivity index (χ3v) is 1.59. The maximum Gasteiger partial charge on any atom is 0.106 e. The van der Waals surface area contributed by atoms with Crippen molar-refractivity contribution in [1.82, 2.24) is 9.97 Å². The average Bonchev–Trinajstić information content (AvgIpc) is 2.62. The first-order valence-electron chi connectivity index (χ1n) is 5.38. The molecular formula is C15H17MoN3O3. The summed E-state index contributed by atoms with van der Waals surface area (Å²) in [6.45, 7) is 7.43. The number of hydrogen-bond acceptors (Lipinski definition) is 6. The Hall–Kier alpha value is -2.51. The fraction of sp³-hybridized carbons (Fsp3) is 0.0667. The summed E-state index contributed by atoms with van der Waals surface area (Å²) in [6, 6.07) is 13.3. The standard InChI is InChI=1S/C10H8N2.C2H3N.3CH2O.Mo/c1-3-7-11-9(5-1)10-6-2-4-8-12-10;1-2-3;3*1-2;/h1-8H;1H3;3*1H2;. The Morgan fingerprint density at radius 3 is 1.27 bits per heavy atom. The van der Waals surface area contributed by atoms with Crippen LogP contribution in [0.2, 0.25) is 0 Å². The third-order valence-electron chi connectivity index (χ3n) is 1.59. The van der Waals surface area contributed by atoms with E-state index in [9.17, 15) is 0 Å². The molecule has 2 rings (SSSR count). The summed E-state index contributed by atoms with van der Waals surface area (Å²) in [4.78, 5) is 32.4. The minimum Gasteiger partial charge on any atom is -0.307 e. The molecule has 2 aromatic heterocycles. The van der Waals surface area contributed by atoms with Crippen LogP contribution in [0.3, 0.4) is 0 Å². The van der Waals surface area contributed by atoms with E-state index in [1.165, 1.54) is 6.92 Å². The van der Waals surface area contributed by atoms with Crippen molar-refractivity contribution in [2.24, 2.45) is 0 Å². The van der Waals surface area contributed by atoms with Gasteiger partial charge >= 0.3 is 0 Å². The first kappa shape index (κ1) is 27.8. The van der Waals surface area contributed by atoms with Crippen molar-refractivity contribution in [2.45, 2.75) is 6.92 Å². The van der Waals surface area contributed by atoms with Crippen LogP contribution in [-0.4, -0.2) is 30.3 Å². The number of nitrogens with zero attached hydrogens (tertiary/aromatic N) is 3. The first-order chi connectivity index (χ1) is 10.4. The Morgan fingerprint density at radius 2 is 1.09 bits per heavy atom. The molecule has 116 valence electrons. The molecule has 22 heavy (non-hydrogen) atoms. The minimum absolute atomic E-state index is 0. The van der Waals surface area contributed by atoms with E-state index < -0.39 is 0 Å². The second-order valence-corrected chi connectivity index (χ2v) is 2.65. The van der Waals surface area contributed by atoms with Gasteiger partial charge in [-0.3, -0.25) is 9.97 Å². The SMILES string of the molecule is C=O.C=O.C=O.CC#N.[Mo].c1ccc(-c2ccccn2)nc1. The largest absolute Gasteiger partial charge is 0.307 e. The van der Waals surface area contributed by atoms with Gasteiger partial charge in [-0.2, -0.15) is 5.26 Å². The van der Waals surface area contributed by atoms with Gasteiger partial charge in [0, 0.05) is 40.4 Å². The second kappa shape index (κ2) is 26.9. The quantitative estimate of drug-likeness (QED) is 0.700. The summed E-state index contributed by atoms with van der Waals surface area (Å²) in [5.74, 6) is 0. The van der Waals surface area contributed by atoms with Gasteiger partial charge in [0.05, 0.1) is 17.5 Å². The second-order valence-electron chi connectivity index (χ2n) is 2.65. The fourth-order valence-corrected chi connectivity index (χ4v) is 1.03. The smallest absolute Gasteiger partial charge is 0.106 e. The Morgan fingerprint density at radius 1 is 0.818 bits per heavy atom. The van der Waals surface area contributed by atoms with Crippen molar-refractivity contribution in [3.8, 4) is 17.5 Å².